The van der Waals surface area contributed by atoms with Crippen LogP contribution in [0.5, 0.6) is 0 Å². The van der Waals surface area contributed by atoms with E-state index in [-0.39, 0.29) is 60.0 Å². The number of carbonyl (C=O) groups excluding carboxylic acids is 3. The molecule has 0 unspecified atom stereocenters. The Labute approximate surface area is 274 Å². The molecule has 0 radical (unpaired) electrons. The Morgan fingerprint density at radius 1 is 1.11 bits per heavy atom. The number of amides is 1. The van der Waals surface area contributed by atoms with Crippen molar-refractivity contribution in [1.29, 1.82) is 0 Å². The van der Waals surface area contributed by atoms with Gasteiger partial charge >= 0.3 is 13.1 Å². The summed E-state index contributed by atoms with van der Waals surface area (Å²) in [6.45, 7) is 13.3. The predicted molar refractivity (Wildman–Crippen MR) is 175 cm³/mol. The molecular formula is C32H56BN5O8. The van der Waals surface area contributed by atoms with Crippen molar-refractivity contribution in [2.45, 2.75) is 136 Å². The fraction of sp³-hybridized carbons (Fsp3) is 0.875. The number of rotatable bonds is 20. The number of hydrogen-bond acceptors (Lipinski definition) is 9. The van der Waals surface area contributed by atoms with Gasteiger partial charge in [0.2, 0.25) is 5.91 Å². The number of hydrazine groups is 1. The zero-order chi connectivity index (χ0) is 34.1. The molecule has 14 heteroatoms. The number of hydrogen-bond donors (Lipinski definition) is 3. The highest BCUT2D eigenvalue weighted by atomic mass is 16.7. The van der Waals surface area contributed by atoms with Gasteiger partial charge in [0.15, 0.2) is 5.03 Å². The van der Waals surface area contributed by atoms with Gasteiger partial charge in [-0.25, -0.2) is 15.1 Å². The Bertz CT molecular complexity index is 1100. The lowest BCUT2D eigenvalue weighted by Crippen LogP contribution is -2.65. The molecule has 0 aromatic rings. The molecule has 4 N–H and O–H groups in total. The highest BCUT2D eigenvalue weighted by Gasteiger charge is 2.68. The summed E-state index contributed by atoms with van der Waals surface area (Å²) in [7, 11) is -0.569. The second-order valence-electron chi connectivity index (χ2n) is 14.5. The SMILES string of the molecule is CCOC(=O)CCCCCCC(=O)C[C@@H](CCCN=C(N)N[N+](=O)[O-])C(=O)N[C@@H](CC(C)C)B1O[C@@H]2C[C@H]3C[C@H](C3(C)C)[C@]2(C)O1. The number of Topliss-reactive ketones (excluding diaryl/α,β-unsaturated/α-hetero) is 1. The summed E-state index contributed by atoms with van der Waals surface area (Å²) in [4.78, 5) is 53.0. The van der Waals surface area contributed by atoms with Crippen LogP contribution in [0.2, 0.25) is 0 Å². The van der Waals surface area contributed by atoms with Crippen LogP contribution in [0.3, 0.4) is 0 Å². The molecule has 4 aliphatic rings. The van der Waals surface area contributed by atoms with E-state index >= 15 is 0 Å². The van der Waals surface area contributed by atoms with Crippen LogP contribution in [-0.2, 0) is 28.4 Å². The normalized spacial score (nSPS) is 26.1. The molecule has 0 aromatic heterocycles. The van der Waals surface area contributed by atoms with Crippen LogP contribution >= 0.6 is 0 Å². The number of guanidine groups is 1. The van der Waals surface area contributed by atoms with Gasteiger partial charge in [0.25, 0.3) is 5.96 Å². The summed E-state index contributed by atoms with van der Waals surface area (Å²) in [6.07, 6.45) is 7.37. The van der Waals surface area contributed by atoms with E-state index < -0.39 is 23.7 Å². The molecule has 4 fully saturated rings. The molecule has 0 aromatic carbocycles. The van der Waals surface area contributed by atoms with Crippen LogP contribution in [0.4, 0.5) is 0 Å². The highest BCUT2D eigenvalue weighted by molar-refractivity contribution is 6.47. The Hall–Kier alpha value is -2.74. The van der Waals surface area contributed by atoms with Gasteiger partial charge in [0.1, 0.15) is 5.78 Å². The van der Waals surface area contributed by atoms with Crippen LogP contribution in [0, 0.1) is 39.2 Å². The Balaban J connectivity index is 1.61. The van der Waals surface area contributed by atoms with Crippen molar-refractivity contribution in [3.05, 3.63) is 10.1 Å². The van der Waals surface area contributed by atoms with Crippen LogP contribution in [0.15, 0.2) is 4.99 Å². The minimum atomic E-state index is -0.784. The number of unbranched alkanes of at least 4 members (excludes halogenated alkanes) is 3. The minimum Gasteiger partial charge on any atom is -0.466 e. The van der Waals surface area contributed by atoms with Crippen molar-refractivity contribution in [3.63, 3.8) is 0 Å². The lowest BCUT2D eigenvalue weighted by Gasteiger charge is -2.64. The molecule has 3 saturated carbocycles. The molecule has 1 saturated heterocycles. The molecular weight excluding hydrogens is 593 g/mol. The van der Waals surface area contributed by atoms with E-state index in [9.17, 15) is 24.5 Å². The first-order chi connectivity index (χ1) is 21.7. The molecule has 0 spiro atoms. The molecule has 1 aliphatic heterocycles. The topological polar surface area (TPSA) is 184 Å². The van der Waals surface area contributed by atoms with E-state index in [1.54, 1.807) is 6.92 Å². The first kappa shape index (κ1) is 37.7. The van der Waals surface area contributed by atoms with Crippen molar-refractivity contribution in [3.8, 4) is 0 Å². The van der Waals surface area contributed by atoms with E-state index in [1.165, 1.54) is 0 Å². The number of aliphatic imine (C=N–C) groups is 1. The van der Waals surface area contributed by atoms with Gasteiger partial charge < -0.3 is 25.1 Å². The lowest BCUT2D eigenvalue weighted by atomic mass is 9.43. The summed E-state index contributed by atoms with van der Waals surface area (Å²) in [5, 5.41) is 13.0. The van der Waals surface area contributed by atoms with E-state index in [0.717, 1.165) is 25.7 Å². The zero-order valence-corrected chi connectivity index (χ0v) is 28.7. The predicted octanol–water partition coefficient (Wildman–Crippen LogP) is 4.14. The molecule has 13 nitrogen and oxygen atoms in total. The van der Waals surface area contributed by atoms with Crippen LogP contribution in [0.25, 0.3) is 0 Å². The smallest absolute Gasteiger partial charge is 0.466 e. The summed E-state index contributed by atoms with van der Waals surface area (Å²) >= 11 is 0. The van der Waals surface area contributed by atoms with Crippen molar-refractivity contribution >= 4 is 30.7 Å². The monoisotopic (exact) mass is 649 g/mol. The van der Waals surface area contributed by atoms with E-state index in [0.29, 0.717) is 63.4 Å². The van der Waals surface area contributed by atoms with Gasteiger partial charge in [-0.1, -0.05) is 46.0 Å². The number of ether oxygens (including phenoxy) is 1. The minimum absolute atomic E-state index is 0.00195. The standard InChI is InChI=1S/C32H56BN5O8/c1-7-44-28(40)15-11-9-8-10-14-24(39)18-22(13-12-16-35-30(34)37-38(42)43)29(41)36-27(17-21(2)3)33-45-26-20-23-19-25(31(23,4)5)32(26,6)46-33/h21-23,25-27H,7-20H2,1-6H3,(H,36,41)(H3,34,35,37)/t22-,23-,25-,26-,27+,32+/m1/s1. The summed E-state index contributed by atoms with van der Waals surface area (Å²) in [6, 6.07) is 0. The summed E-state index contributed by atoms with van der Waals surface area (Å²) in [5.74, 6) is -0.434. The maximum absolute atomic E-state index is 13.8. The largest absolute Gasteiger partial charge is 0.481 e. The zero-order valence-electron chi connectivity index (χ0n) is 28.7. The quantitative estimate of drug-likeness (QED) is 0.0329. The number of nitrogens with zero attached hydrogens (tertiary/aromatic N) is 2. The van der Waals surface area contributed by atoms with Gasteiger partial charge in [-0.05, 0) is 82.0 Å². The maximum Gasteiger partial charge on any atom is 0.481 e. The molecule has 1 amide bonds. The van der Waals surface area contributed by atoms with Crippen LogP contribution in [-0.4, -0.2) is 66.6 Å². The number of ketones is 1. The third-order valence-corrected chi connectivity index (χ3v) is 10.3. The molecule has 3 aliphatic carbocycles. The molecule has 260 valence electrons. The summed E-state index contributed by atoms with van der Waals surface area (Å²) < 4.78 is 18.2. The highest BCUT2D eigenvalue weighted by Crippen LogP contribution is 2.65. The van der Waals surface area contributed by atoms with Gasteiger partial charge in [-0.15, -0.1) is 0 Å². The third kappa shape index (κ3) is 10.1. The van der Waals surface area contributed by atoms with Gasteiger partial charge in [-0.3, -0.25) is 14.4 Å². The van der Waals surface area contributed by atoms with Crippen molar-refractivity contribution in [1.82, 2.24) is 10.7 Å². The van der Waals surface area contributed by atoms with Gasteiger partial charge in [-0.2, -0.15) is 0 Å². The number of nitrogens with two attached hydrogens (primary N) is 1. The fourth-order valence-corrected chi connectivity index (χ4v) is 7.66. The van der Waals surface area contributed by atoms with Crippen molar-refractivity contribution in [2.75, 3.05) is 13.2 Å². The molecule has 1 heterocycles. The molecule has 2 bridgehead atoms. The first-order valence-electron chi connectivity index (χ1n) is 17.2. The third-order valence-electron chi connectivity index (χ3n) is 10.3. The lowest BCUT2D eigenvalue weighted by molar-refractivity contribution is -0.525. The Morgan fingerprint density at radius 3 is 2.43 bits per heavy atom. The number of esters is 1. The van der Waals surface area contributed by atoms with E-state index in [1.807, 2.05) is 5.43 Å². The molecule has 6 atom stereocenters. The van der Waals surface area contributed by atoms with E-state index in [4.69, 9.17) is 19.8 Å². The number of nitrogens with one attached hydrogen (secondary N) is 2. The summed E-state index contributed by atoms with van der Waals surface area (Å²) in [5.41, 5.74) is 7.15. The first-order valence-corrected chi connectivity index (χ1v) is 17.2. The van der Waals surface area contributed by atoms with Crippen molar-refractivity contribution in [2.24, 2.45) is 39.8 Å². The van der Waals surface area contributed by atoms with Crippen LogP contribution < -0.4 is 16.5 Å². The van der Waals surface area contributed by atoms with Crippen molar-refractivity contribution < 1.29 is 33.5 Å². The number of carbonyl (C=O) groups is 3. The fourth-order valence-electron chi connectivity index (χ4n) is 7.66. The second-order valence-corrected chi connectivity index (χ2v) is 14.5. The van der Waals surface area contributed by atoms with Crippen LogP contribution in [0.1, 0.15) is 119 Å². The Morgan fingerprint density at radius 2 is 1.80 bits per heavy atom. The number of nitro groups is 1. The molecule has 46 heavy (non-hydrogen) atoms. The van der Waals surface area contributed by atoms with Gasteiger partial charge in [0.05, 0.1) is 24.3 Å². The maximum atomic E-state index is 13.8. The Kier molecular flexibility index (Phi) is 13.9. The average molecular weight is 650 g/mol. The van der Waals surface area contributed by atoms with Gasteiger partial charge in [0, 0.05) is 31.7 Å². The molecule has 4 rings (SSSR count). The second kappa shape index (κ2) is 16.9. The average Bonchev–Trinajstić information content (AvgIpc) is 3.32. The van der Waals surface area contributed by atoms with E-state index in [2.05, 4.69) is 44.9 Å².